The van der Waals surface area contributed by atoms with Gasteiger partial charge in [0, 0.05) is 30.4 Å². The van der Waals surface area contributed by atoms with Crippen LogP contribution in [-0.4, -0.2) is 25.5 Å². The molecule has 0 aliphatic heterocycles. The molecule has 1 amide bonds. The number of amides is 1. The first-order valence-corrected chi connectivity index (χ1v) is 14.6. The monoisotopic (exact) mass is 552 g/mol. The van der Waals surface area contributed by atoms with E-state index in [0.717, 1.165) is 26.7 Å². The third kappa shape index (κ3) is 7.35. The zero-order chi connectivity index (χ0) is 26.6. The molecule has 0 aliphatic carbocycles. The predicted molar refractivity (Wildman–Crippen MR) is 153 cm³/mol. The molecule has 0 aliphatic rings. The number of anilines is 2. The normalized spacial score (nSPS) is 13.1. The molecule has 4 rings (SSSR count). The number of aromatic nitrogens is 1. The van der Waals surface area contributed by atoms with Crippen LogP contribution in [0.4, 0.5) is 11.4 Å². The Hall–Kier alpha value is -2.86. The standard InChI is InChI=1S/C27H28N4O3S3/c1-18(32)29-21-14-15-23(25(16-21)37(34)31-27(2,3)4)24-17-28-26(35-24)19-10-12-20(13-11-19)30-36(33)22-8-6-5-7-9-22/h5-17,30-31H,1-4H3,(H,29,32). The zero-order valence-electron chi connectivity index (χ0n) is 20.9. The van der Waals surface area contributed by atoms with Gasteiger partial charge in [0.2, 0.25) is 5.91 Å². The minimum atomic E-state index is -1.51. The molecule has 0 bridgehead atoms. The highest BCUT2D eigenvalue weighted by molar-refractivity contribution is 7.92. The summed E-state index contributed by atoms with van der Waals surface area (Å²) in [5.74, 6) is -0.195. The molecule has 10 heteroatoms. The van der Waals surface area contributed by atoms with Gasteiger partial charge >= 0.3 is 0 Å². The first-order valence-electron chi connectivity index (χ1n) is 11.5. The second kappa shape index (κ2) is 11.7. The van der Waals surface area contributed by atoms with Crippen LogP contribution < -0.4 is 14.8 Å². The van der Waals surface area contributed by atoms with Crippen LogP contribution in [0, 0.1) is 0 Å². The molecular weight excluding hydrogens is 525 g/mol. The van der Waals surface area contributed by atoms with Gasteiger partial charge in [0.05, 0.1) is 33.0 Å². The summed E-state index contributed by atoms with van der Waals surface area (Å²) in [5, 5.41) is 3.56. The van der Waals surface area contributed by atoms with E-state index >= 15 is 0 Å². The van der Waals surface area contributed by atoms with Crippen molar-refractivity contribution in [3.63, 3.8) is 0 Å². The molecule has 0 saturated heterocycles. The summed E-state index contributed by atoms with van der Waals surface area (Å²) < 4.78 is 31.9. The van der Waals surface area contributed by atoms with E-state index in [4.69, 9.17) is 0 Å². The summed E-state index contributed by atoms with van der Waals surface area (Å²) in [6.07, 6.45) is 1.77. The molecule has 4 aromatic rings. The van der Waals surface area contributed by atoms with E-state index in [1.165, 1.54) is 18.3 Å². The summed E-state index contributed by atoms with van der Waals surface area (Å²) >= 11 is -1.38. The van der Waals surface area contributed by atoms with Gasteiger partial charge in [-0.25, -0.2) is 9.71 Å². The average Bonchev–Trinajstić information content (AvgIpc) is 3.34. The van der Waals surface area contributed by atoms with Crippen LogP contribution in [0.1, 0.15) is 27.7 Å². The number of carbonyl (C=O) groups excluding carboxylic acids is 1. The average molecular weight is 553 g/mol. The highest BCUT2D eigenvalue weighted by Crippen LogP contribution is 2.37. The van der Waals surface area contributed by atoms with Crippen molar-refractivity contribution in [3.05, 3.63) is 79.0 Å². The maximum absolute atomic E-state index is 13.2. The molecular formula is C27H28N4O3S3. The van der Waals surface area contributed by atoms with Crippen LogP contribution in [0.2, 0.25) is 0 Å². The van der Waals surface area contributed by atoms with E-state index in [2.05, 4.69) is 19.7 Å². The third-order valence-corrected chi connectivity index (χ3v) is 8.71. The van der Waals surface area contributed by atoms with Crippen LogP contribution in [0.15, 0.2) is 88.8 Å². The topological polar surface area (TPSA) is 112 Å². The van der Waals surface area contributed by atoms with Crippen LogP contribution >= 0.6 is 11.3 Å². The summed E-state index contributed by atoms with van der Waals surface area (Å²) in [6, 6.07) is 22.2. The van der Waals surface area contributed by atoms with Crippen LogP contribution in [-0.2, 0) is 27.5 Å². The Morgan fingerprint density at radius 2 is 1.59 bits per heavy atom. The molecule has 3 aromatic carbocycles. The van der Waals surface area contributed by atoms with E-state index in [1.807, 2.05) is 81.4 Å². The quantitative estimate of drug-likeness (QED) is 0.232. The molecule has 7 nitrogen and oxygen atoms in total. The van der Waals surface area contributed by atoms with E-state index in [-0.39, 0.29) is 11.4 Å². The zero-order valence-corrected chi connectivity index (χ0v) is 23.4. The molecule has 2 unspecified atom stereocenters. The summed E-state index contributed by atoms with van der Waals surface area (Å²) in [4.78, 5) is 18.3. The number of benzene rings is 3. The summed E-state index contributed by atoms with van der Waals surface area (Å²) in [6.45, 7) is 7.27. The number of nitrogens with zero attached hydrogens (tertiary/aromatic N) is 1. The molecule has 0 spiro atoms. The number of rotatable bonds is 8. The number of nitrogens with one attached hydrogen (secondary N) is 3. The fourth-order valence-corrected chi connectivity index (χ4v) is 6.59. The second-order valence-corrected chi connectivity index (χ2v) is 12.7. The molecule has 3 N–H and O–H groups in total. The smallest absolute Gasteiger partial charge is 0.221 e. The fourth-order valence-electron chi connectivity index (χ4n) is 3.42. The second-order valence-electron chi connectivity index (χ2n) is 9.30. The maximum atomic E-state index is 13.2. The van der Waals surface area contributed by atoms with Gasteiger partial charge in [-0.1, -0.05) is 18.2 Å². The lowest BCUT2D eigenvalue weighted by Crippen LogP contribution is -2.40. The van der Waals surface area contributed by atoms with Gasteiger partial charge < -0.3 is 14.4 Å². The predicted octanol–water partition coefficient (Wildman–Crippen LogP) is 5.98. The lowest BCUT2D eigenvalue weighted by atomic mass is 10.1. The van der Waals surface area contributed by atoms with Crippen molar-refractivity contribution < 1.29 is 13.9 Å². The lowest BCUT2D eigenvalue weighted by Gasteiger charge is -2.23. The lowest BCUT2D eigenvalue weighted by molar-refractivity contribution is -0.114. The van der Waals surface area contributed by atoms with Crippen molar-refractivity contribution in [3.8, 4) is 21.0 Å². The number of hydrogen-bond donors (Lipinski definition) is 3. The summed E-state index contributed by atoms with van der Waals surface area (Å²) in [7, 11) is 0. The highest BCUT2D eigenvalue weighted by Gasteiger charge is 2.26. The van der Waals surface area contributed by atoms with Crippen LogP contribution in [0.3, 0.4) is 0 Å². The number of hydrogen-bond acceptors (Lipinski definition) is 7. The number of carbonyl (C=O) groups is 1. The Bertz CT molecular complexity index is 1360. The van der Waals surface area contributed by atoms with Crippen molar-refractivity contribution >= 4 is 51.3 Å². The van der Waals surface area contributed by atoms with Gasteiger partial charge in [0.25, 0.3) is 0 Å². The van der Waals surface area contributed by atoms with Gasteiger partial charge in [-0.15, -0.1) is 16.1 Å². The van der Waals surface area contributed by atoms with Crippen molar-refractivity contribution in [2.75, 3.05) is 10.0 Å². The minimum Gasteiger partial charge on any atom is -0.593 e. The Labute approximate surface area is 227 Å². The Morgan fingerprint density at radius 3 is 2.24 bits per heavy atom. The van der Waals surface area contributed by atoms with Gasteiger partial charge in [0.1, 0.15) is 16.4 Å². The molecule has 192 valence electrons. The van der Waals surface area contributed by atoms with Gasteiger partial charge in [-0.3, -0.25) is 4.79 Å². The molecule has 2 atom stereocenters. The molecule has 0 saturated carbocycles. The molecule has 1 aromatic heterocycles. The van der Waals surface area contributed by atoms with E-state index < -0.39 is 22.7 Å². The molecule has 1 heterocycles. The molecule has 0 fully saturated rings. The van der Waals surface area contributed by atoms with Gasteiger partial charge in [-0.05, 0) is 69.3 Å². The first-order chi connectivity index (χ1) is 17.6. The minimum absolute atomic E-state index is 0.195. The molecule has 0 radical (unpaired) electrons. The largest absolute Gasteiger partial charge is 0.593 e. The fraction of sp³-hybridized carbons (Fsp3) is 0.185. The van der Waals surface area contributed by atoms with Crippen molar-refractivity contribution in [1.29, 1.82) is 0 Å². The van der Waals surface area contributed by atoms with Crippen molar-refractivity contribution in [2.24, 2.45) is 0 Å². The maximum Gasteiger partial charge on any atom is 0.221 e. The third-order valence-electron chi connectivity index (χ3n) is 4.97. The highest BCUT2D eigenvalue weighted by atomic mass is 32.2. The number of thiazole rings is 1. The van der Waals surface area contributed by atoms with Gasteiger partial charge in [0.15, 0.2) is 9.79 Å². The van der Waals surface area contributed by atoms with Crippen LogP contribution in [0.5, 0.6) is 0 Å². The van der Waals surface area contributed by atoms with Crippen molar-refractivity contribution in [2.45, 2.75) is 43.0 Å². The van der Waals surface area contributed by atoms with E-state index in [1.54, 1.807) is 18.3 Å². The van der Waals surface area contributed by atoms with Gasteiger partial charge in [-0.2, -0.15) is 0 Å². The van der Waals surface area contributed by atoms with Crippen LogP contribution in [0.25, 0.3) is 21.0 Å². The molecule has 37 heavy (non-hydrogen) atoms. The Morgan fingerprint density at radius 1 is 0.919 bits per heavy atom. The van der Waals surface area contributed by atoms with E-state index in [0.29, 0.717) is 15.5 Å². The summed E-state index contributed by atoms with van der Waals surface area (Å²) in [5.41, 5.74) is 2.64. The van der Waals surface area contributed by atoms with Crippen molar-refractivity contribution in [1.82, 2.24) is 9.71 Å². The first kappa shape index (κ1) is 27.2. The SMILES string of the molecule is CC(=O)Nc1ccc(-c2cnc(-c3ccc(N[S+]([O-])c4ccccc4)cc3)s2)c([S+]([O-])NC(C)(C)C)c1. The Kier molecular flexibility index (Phi) is 8.58. The van der Waals surface area contributed by atoms with E-state index in [9.17, 15) is 13.9 Å². The Balaban J connectivity index is 1.57.